The highest BCUT2D eigenvalue weighted by Gasteiger charge is 2.25. The lowest BCUT2D eigenvalue weighted by Gasteiger charge is -2.25. The predicted molar refractivity (Wildman–Crippen MR) is 149 cm³/mol. The van der Waals surface area contributed by atoms with E-state index in [0.29, 0.717) is 53.5 Å². The van der Waals surface area contributed by atoms with E-state index >= 15 is 0 Å². The van der Waals surface area contributed by atoms with Gasteiger partial charge in [0.2, 0.25) is 0 Å². The summed E-state index contributed by atoms with van der Waals surface area (Å²) in [6, 6.07) is 4.96. The molecule has 0 bridgehead atoms. The number of carbonyl (C=O) groups excluding carboxylic acids is 1. The van der Waals surface area contributed by atoms with Gasteiger partial charge in [-0.05, 0) is 45.2 Å². The van der Waals surface area contributed by atoms with Gasteiger partial charge in [-0.3, -0.25) is 9.48 Å². The van der Waals surface area contributed by atoms with E-state index in [9.17, 15) is 4.79 Å². The molecule has 0 unspecified atom stereocenters. The normalized spacial score (nSPS) is 12.5. The number of nitrogens with zero attached hydrogens (tertiary/aromatic N) is 4. The third-order valence-electron chi connectivity index (χ3n) is 5.35. The van der Waals surface area contributed by atoms with Gasteiger partial charge in [0.25, 0.3) is 0 Å². The second-order valence-electron chi connectivity index (χ2n) is 10.2. The molecule has 2 aromatic heterocycles. The molecule has 4 N–H and O–H groups in total. The molecule has 0 amide bonds. The van der Waals surface area contributed by atoms with Gasteiger partial charge in [0.1, 0.15) is 11.6 Å². The standard InChI is InChI=1S/C26H35Cl2N7O2/c1-16(2)11-21(25(36)37-26(3,4)5)30-9-10-35-15-17(12-33-35)22-14-31-23(29)24(34-22)32-13-18-19(27)7-6-8-20(18)28/h6-8,12,14-16,21,30H,9-11,13H2,1-5H3,(H2,29,31)(H,32,34)/t21-/m0/s1. The highest BCUT2D eigenvalue weighted by Crippen LogP contribution is 2.26. The molecule has 2 heterocycles. The van der Waals surface area contributed by atoms with Crippen LogP contribution in [0.1, 0.15) is 46.6 Å². The first-order chi connectivity index (χ1) is 17.4. The molecule has 0 aliphatic carbocycles. The van der Waals surface area contributed by atoms with Gasteiger partial charge in [0, 0.05) is 40.5 Å². The Morgan fingerprint density at radius 2 is 1.89 bits per heavy atom. The average molecular weight is 549 g/mol. The van der Waals surface area contributed by atoms with Gasteiger partial charge in [-0.1, -0.05) is 43.1 Å². The third-order valence-corrected chi connectivity index (χ3v) is 6.06. The van der Waals surface area contributed by atoms with Gasteiger partial charge in [-0.25, -0.2) is 9.97 Å². The summed E-state index contributed by atoms with van der Waals surface area (Å²) in [5.41, 5.74) is 7.66. The zero-order chi connectivity index (χ0) is 27.2. The van der Waals surface area contributed by atoms with Crippen LogP contribution >= 0.6 is 23.2 Å². The molecule has 3 rings (SSSR count). The van der Waals surface area contributed by atoms with Crippen LogP contribution in [-0.4, -0.2) is 43.9 Å². The molecule has 11 heteroatoms. The lowest BCUT2D eigenvalue weighted by molar-refractivity contribution is -0.158. The number of rotatable bonds is 11. The van der Waals surface area contributed by atoms with Crippen LogP contribution in [0.15, 0.2) is 36.8 Å². The Morgan fingerprint density at radius 3 is 2.54 bits per heavy atom. The van der Waals surface area contributed by atoms with Gasteiger partial charge < -0.3 is 21.1 Å². The maximum Gasteiger partial charge on any atom is 0.323 e. The van der Waals surface area contributed by atoms with E-state index < -0.39 is 5.60 Å². The summed E-state index contributed by atoms with van der Waals surface area (Å²) in [6.07, 6.45) is 5.88. The molecular weight excluding hydrogens is 513 g/mol. The smallest absolute Gasteiger partial charge is 0.323 e. The summed E-state index contributed by atoms with van der Waals surface area (Å²) in [6.45, 7) is 11.2. The zero-order valence-corrected chi connectivity index (χ0v) is 23.4. The van der Waals surface area contributed by atoms with Crippen molar-refractivity contribution in [2.45, 2.75) is 65.8 Å². The van der Waals surface area contributed by atoms with Crippen LogP contribution in [0.4, 0.5) is 11.6 Å². The summed E-state index contributed by atoms with van der Waals surface area (Å²) in [7, 11) is 0. The summed E-state index contributed by atoms with van der Waals surface area (Å²) in [5, 5.41) is 12.0. The first-order valence-electron chi connectivity index (χ1n) is 12.2. The van der Waals surface area contributed by atoms with Gasteiger partial charge in [-0.15, -0.1) is 0 Å². The topological polar surface area (TPSA) is 120 Å². The van der Waals surface area contributed by atoms with Crippen molar-refractivity contribution in [2.75, 3.05) is 17.6 Å². The van der Waals surface area contributed by atoms with Crippen molar-refractivity contribution in [3.8, 4) is 11.3 Å². The first kappa shape index (κ1) is 28.7. The van der Waals surface area contributed by atoms with Crippen LogP contribution < -0.4 is 16.4 Å². The Hall–Kier alpha value is -2.88. The molecule has 200 valence electrons. The SMILES string of the molecule is CC(C)C[C@H](NCCn1cc(-c2cnc(N)c(NCc3c(Cl)cccc3Cl)n2)cn1)C(=O)OC(C)(C)C. The second-order valence-corrected chi connectivity index (χ2v) is 11.0. The summed E-state index contributed by atoms with van der Waals surface area (Å²) >= 11 is 12.5. The number of nitrogen functional groups attached to an aromatic ring is 1. The van der Waals surface area contributed by atoms with Crippen LogP contribution in [0, 0.1) is 5.92 Å². The highest BCUT2D eigenvalue weighted by molar-refractivity contribution is 6.36. The summed E-state index contributed by atoms with van der Waals surface area (Å²) in [5.74, 6) is 0.804. The number of anilines is 2. The van der Waals surface area contributed by atoms with E-state index in [-0.39, 0.29) is 17.8 Å². The van der Waals surface area contributed by atoms with Crippen molar-refractivity contribution in [1.82, 2.24) is 25.1 Å². The number of esters is 1. The summed E-state index contributed by atoms with van der Waals surface area (Å²) < 4.78 is 7.37. The van der Waals surface area contributed by atoms with E-state index in [2.05, 4.69) is 39.5 Å². The molecule has 1 atom stereocenters. The molecule has 37 heavy (non-hydrogen) atoms. The number of nitrogens with one attached hydrogen (secondary N) is 2. The predicted octanol–water partition coefficient (Wildman–Crippen LogP) is 5.19. The molecule has 9 nitrogen and oxygen atoms in total. The zero-order valence-electron chi connectivity index (χ0n) is 21.9. The number of halogens is 2. The minimum absolute atomic E-state index is 0.238. The van der Waals surface area contributed by atoms with E-state index in [4.69, 9.17) is 33.7 Å². The van der Waals surface area contributed by atoms with Crippen molar-refractivity contribution in [3.05, 3.63) is 52.4 Å². The monoisotopic (exact) mass is 547 g/mol. The van der Waals surface area contributed by atoms with Gasteiger partial charge in [0.15, 0.2) is 11.6 Å². The third kappa shape index (κ3) is 8.59. The number of carbonyl (C=O) groups is 1. The second kappa shape index (κ2) is 12.6. The van der Waals surface area contributed by atoms with E-state index in [1.54, 1.807) is 35.3 Å². The maximum absolute atomic E-state index is 12.6. The van der Waals surface area contributed by atoms with Gasteiger partial charge >= 0.3 is 5.97 Å². The van der Waals surface area contributed by atoms with Crippen LogP contribution in [0.3, 0.4) is 0 Å². The number of hydrogen-bond acceptors (Lipinski definition) is 8. The Labute approximate surface area is 228 Å². The van der Waals surface area contributed by atoms with Crippen molar-refractivity contribution < 1.29 is 9.53 Å². The molecule has 3 aromatic rings. The van der Waals surface area contributed by atoms with Crippen LogP contribution in [0.25, 0.3) is 11.3 Å². The first-order valence-corrected chi connectivity index (χ1v) is 13.0. The van der Waals surface area contributed by atoms with Crippen molar-refractivity contribution in [3.63, 3.8) is 0 Å². The quantitative estimate of drug-likeness (QED) is 0.280. The van der Waals surface area contributed by atoms with E-state index in [0.717, 1.165) is 11.1 Å². The number of hydrogen-bond donors (Lipinski definition) is 3. The number of ether oxygens (including phenoxy) is 1. The molecule has 0 radical (unpaired) electrons. The molecule has 1 aromatic carbocycles. The van der Waals surface area contributed by atoms with Crippen molar-refractivity contribution in [1.29, 1.82) is 0 Å². The molecule has 0 saturated carbocycles. The van der Waals surface area contributed by atoms with E-state index in [1.165, 1.54) is 0 Å². The fourth-order valence-corrected chi connectivity index (χ4v) is 4.15. The Morgan fingerprint density at radius 1 is 1.19 bits per heavy atom. The van der Waals surface area contributed by atoms with E-state index in [1.807, 2.05) is 27.0 Å². The van der Waals surface area contributed by atoms with Gasteiger partial charge in [0.05, 0.1) is 24.6 Å². The Bertz CT molecular complexity index is 1190. The largest absolute Gasteiger partial charge is 0.459 e. The van der Waals surface area contributed by atoms with Crippen LogP contribution in [0.5, 0.6) is 0 Å². The molecule has 0 spiro atoms. The average Bonchev–Trinajstić information content (AvgIpc) is 3.26. The molecule has 0 saturated heterocycles. The lowest BCUT2D eigenvalue weighted by atomic mass is 10.0. The van der Waals surface area contributed by atoms with Crippen LogP contribution in [-0.2, 0) is 22.6 Å². The maximum atomic E-state index is 12.6. The molecule has 0 aliphatic rings. The van der Waals surface area contributed by atoms with Crippen LogP contribution in [0.2, 0.25) is 10.0 Å². The minimum atomic E-state index is -0.529. The number of aromatic nitrogens is 4. The Balaban J connectivity index is 1.63. The molecular formula is C26H35Cl2N7O2. The fraction of sp³-hybridized carbons (Fsp3) is 0.462. The highest BCUT2D eigenvalue weighted by atomic mass is 35.5. The minimum Gasteiger partial charge on any atom is -0.459 e. The fourth-order valence-electron chi connectivity index (χ4n) is 3.62. The van der Waals surface area contributed by atoms with Gasteiger partial charge in [-0.2, -0.15) is 5.10 Å². The molecule has 0 aliphatic heterocycles. The van der Waals surface area contributed by atoms with Crippen molar-refractivity contribution in [2.24, 2.45) is 5.92 Å². The Kier molecular flexibility index (Phi) is 9.75. The van der Waals surface area contributed by atoms with Crippen molar-refractivity contribution >= 4 is 40.8 Å². The number of nitrogens with two attached hydrogens (primary N) is 1. The number of benzene rings is 1. The lowest BCUT2D eigenvalue weighted by Crippen LogP contribution is -2.43. The summed E-state index contributed by atoms with van der Waals surface area (Å²) in [4.78, 5) is 21.5. The molecule has 0 fully saturated rings.